The number of esters is 2. The fourth-order valence-corrected chi connectivity index (χ4v) is 4.78. The van der Waals surface area contributed by atoms with Gasteiger partial charge in [-0.1, -0.05) is 89.5 Å². The van der Waals surface area contributed by atoms with Crippen LogP contribution in [0.3, 0.4) is 0 Å². The molecule has 0 bridgehead atoms. The quantitative estimate of drug-likeness (QED) is 0.0373. The van der Waals surface area contributed by atoms with E-state index in [2.05, 4.69) is 38.2 Å². The molecule has 0 radical (unpaired) electrons. The second-order valence-electron chi connectivity index (χ2n) is 12.7. The van der Waals surface area contributed by atoms with Crippen molar-refractivity contribution in [2.24, 2.45) is 0 Å². The summed E-state index contributed by atoms with van der Waals surface area (Å²) < 4.78 is 17.0. The van der Waals surface area contributed by atoms with E-state index in [-0.39, 0.29) is 42.7 Å². The second kappa shape index (κ2) is 28.3. The lowest BCUT2D eigenvalue weighted by atomic mass is 10.1. The Morgan fingerprint density at radius 3 is 1.64 bits per heavy atom. The van der Waals surface area contributed by atoms with Crippen LogP contribution in [0, 0.1) is 0 Å². The van der Waals surface area contributed by atoms with E-state index in [1.807, 2.05) is 0 Å². The zero-order valence-corrected chi connectivity index (χ0v) is 28.8. The predicted molar refractivity (Wildman–Crippen MR) is 176 cm³/mol. The Morgan fingerprint density at radius 2 is 1.14 bits per heavy atom. The van der Waals surface area contributed by atoms with Crippen LogP contribution in [0.2, 0.25) is 0 Å². The van der Waals surface area contributed by atoms with Gasteiger partial charge in [0.1, 0.15) is 12.6 Å². The van der Waals surface area contributed by atoms with Crippen molar-refractivity contribution in [1.82, 2.24) is 0 Å². The third kappa shape index (κ3) is 26.2. The lowest BCUT2D eigenvalue weighted by Crippen LogP contribution is -2.55. The van der Waals surface area contributed by atoms with Gasteiger partial charge in [0.15, 0.2) is 6.10 Å². The molecule has 2 atom stereocenters. The number of quaternary nitrogens is 1. The maximum absolute atomic E-state index is 12.5. The van der Waals surface area contributed by atoms with Gasteiger partial charge in [0.05, 0.1) is 40.3 Å². The van der Waals surface area contributed by atoms with Gasteiger partial charge in [-0.05, 0) is 51.4 Å². The molecule has 0 heterocycles. The number of hydrogen-bond acceptors (Lipinski definition) is 7. The third-order valence-corrected chi connectivity index (χ3v) is 7.52. The van der Waals surface area contributed by atoms with Crippen LogP contribution in [0.25, 0.3) is 0 Å². The van der Waals surface area contributed by atoms with Crippen LogP contribution in [-0.4, -0.2) is 75.5 Å². The largest absolute Gasteiger partial charge is 0.544 e. The van der Waals surface area contributed by atoms with Gasteiger partial charge in [0, 0.05) is 19.3 Å². The molecule has 0 aromatic carbocycles. The molecule has 44 heavy (non-hydrogen) atoms. The second-order valence-corrected chi connectivity index (χ2v) is 12.7. The number of ether oxygens (including phenoxy) is 3. The normalized spacial score (nSPS) is 13.4. The van der Waals surface area contributed by atoms with Crippen LogP contribution < -0.4 is 5.11 Å². The zero-order chi connectivity index (χ0) is 32.9. The molecule has 0 aliphatic carbocycles. The van der Waals surface area contributed by atoms with Crippen LogP contribution in [0.4, 0.5) is 0 Å². The molecule has 0 aliphatic rings. The molecule has 0 rings (SSSR count). The molecule has 256 valence electrons. The molecule has 0 aromatic heterocycles. The smallest absolute Gasteiger partial charge is 0.306 e. The number of nitrogens with zero attached hydrogens (tertiary/aromatic N) is 1. The molecular weight excluding hydrogens is 558 g/mol. The number of carbonyl (C=O) groups is 3. The van der Waals surface area contributed by atoms with E-state index in [4.69, 9.17) is 14.2 Å². The summed E-state index contributed by atoms with van der Waals surface area (Å²) in [6.45, 7) is 4.49. The van der Waals surface area contributed by atoms with Gasteiger partial charge in [-0.15, -0.1) is 0 Å². The molecule has 8 heteroatoms. The van der Waals surface area contributed by atoms with Crippen LogP contribution in [0.1, 0.15) is 136 Å². The van der Waals surface area contributed by atoms with Crippen molar-refractivity contribution in [1.29, 1.82) is 0 Å². The molecule has 2 unspecified atom stereocenters. The number of likely N-dealkylation sites (N-methyl/N-ethyl adjacent to an activating group) is 1. The zero-order valence-electron chi connectivity index (χ0n) is 28.8. The standard InChI is InChI=1S/C36H65NO7/c1-6-8-10-12-14-16-18-20-22-24-26-34(38)43-31-32(30-42-29-28-33(36(40)41)37(3,4)5)44-35(39)27-25-23-21-19-17-15-13-11-9-7-2/h10-13,32-33H,6-9,14-31H2,1-5H3/b12-10-,13-11-. The van der Waals surface area contributed by atoms with Gasteiger partial charge in [-0.3, -0.25) is 9.59 Å². The number of unbranched alkanes of at least 4 members (excludes halogenated alkanes) is 12. The fraction of sp³-hybridized carbons (Fsp3) is 0.806. The Kier molecular flexibility index (Phi) is 26.9. The summed E-state index contributed by atoms with van der Waals surface area (Å²) in [4.78, 5) is 36.4. The van der Waals surface area contributed by atoms with Gasteiger partial charge in [-0.2, -0.15) is 0 Å². The molecule has 0 saturated heterocycles. The van der Waals surface area contributed by atoms with Crippen molar-refractivity contribution in [3.63, 3.8) is 0 Å². The topological polar surface area (TPSA) is 102 Å². The summed E-state index contributed by atoms with van der Waals surface area (Å²) in [6, 6.07) is -0.723. The molecule has 0 aromatic rings. The van der Waals surface area contributed by atoms with Crippen molar-refractivity contribution in [3.8, 4) is 0 Å². The average Bonchev–Trinajstić information content (AvgIpc) is 2.96. The van der Waals surface area contributed by atoms with Gasteiger partial charge < -0.3 is 28.6 Å². The Bertz CT molecular complexity index is 788. The number of hydrogen-bond donors (Lipinski definition) is 0. The summed E-state index contributed by atoms with van der Waals surface area (Å²) in [5.74, 6) is -1.77. The lowest BCUT2D eigenvalue weighted by molar-refractivity contribution is -0.889. The SMILES string of the molecule is CCC/C=C\CCCCCCCC(=O)OCC(COCCC(C(=O)[O-])[N+](C)(C)C)OC(=O)CCCCCCC/C=C\CCC. The minimum Gasteiger partial charge on any atom is -0.544 e. The molecule has 0 saturated carbocycles. The van der Waals surface area contributed by atoms with Crippen LogP contribution in [0.5, 0.6) is 0 Å². The molecule has 0 amide bonds. The number of carboxylic acid groups (broad SMARTS) is 1. The summed E-state index contributed by atoms with van der Waals surface area (Å²) in [5, 5.41) is 11.5. The maximum Gasteiger partial charge on any atom is 0.306 e. The number of rotatable bonds is 30. The Morgan fingerprint density at radius 1 is 0.659 bits per heavy atom. The molecule has 0 aliphatic heterocycles. The minimum atomic E-state index is -1.13. The Labute approximate surface area is 269 Å². The predicted octanol–water partition coefficient (Wildman–Crippen LogP) is 6.85. The molecule has 0 N–H and O–H groups in total. The number of carbonyl (C=O) groups excluding carboxylic acids is 3. The van der Waals surface area contributed by atoms with Crippen molar-refractivity contribution in [3.05, 3.63) is 24.3 Å². The van der Waals surface area contributed by atoms with Gasteiger partial charge >= 0.3 is 11.9 Å². The van der Waals surface area contributed by atoms with E-state index in [9.17, 15) is 19.5 Å². The summed E-state index contributed by atoms with van der Waals surface area (Å²) >= 11 is 0. The third-order valence-electron chi connectivity index (χ3n) is 7.52. The first-order chi connectivity index (χ1) is 21.1. The summed E-state index contributed by atoms with van der Waals surface area (Å²) in [7, 11) is 5.38. The molecule has 0 fully saturated rings. The summed E-state index contributed by atoms with van der Waals surface area (Å²) in [5.41, 5.74) is 0. The monoisotopic (exact) mass is 623 g/mol. The van der Waals surface area contributed by atoms with Gasteiger partial charge in [-0.25, -0.2) is 0 Å². The first-order valence-electron chi connectivity index (χ1n) is 17.4. The minimum absolute atomic E-state index is 0.0359. The van der Waals surface area contributed by atoms with Gasteiger partial charge in [0.25, 0.3) is 0 Å². The lowest BCUT2D eigenvalue weighted by Gasteiger charge is -2.34. The van der Waals surface area contributed by atoms with Gasteiger partial charge in [0.2, 0.25) is 0 Å². The summed E-state index contributed by atoms with van der Waals surface area (Å²) in [6.07, 6.45) is 26.4. The maximum atomic E-state index is 12.5. The van der Waals surface area contributed by atoms with E-state index in [1.165, 1.54) is 25.7 Å². The number of aliphatic carboxylic acids is 1. The van der Waals surface area contributed by atoms with Crippen LogP contribution >= 0.6 is 0 Å². The van der Waals surface area contributed by atoms with E-state index in [0.717, 1.165) is 77.0 Å². The molecular formula is C36H65NO7. The number of allylic oxidation sites excluding steroid dienone is 4. The van der Waals surface area contributed by atoms with Crippen LogP contribution in [0.15, 0.2) is 24.3 Å². The molecule has 0 spiro atoms. The highest BCUT2D eigenvalue weighted by atomic mass is 16.6. The van der Waals surface area contributed by atoms with Crippen LogP contribution in [-0.2, 0) is 28.6 Å². The Balaban J connectivity index is 4.50. The first kappa shape index (κ1) is 41.8. The highest BCUT2D eigenvalue weighted by molar-refractivity contribution is 5.70. The highest BCUT2D eigenvalue weighted by Gasteiger charge is 2.25. The number of carboxylic acids is 1. The molecule has 8 nitrogen and oxygen atoms in total. The van der Waals surface area contributed by atoms with E-state index in [0.29, 0.717) is 12.8 Å². The first-order valence-corrected chi connectivity index (χ1v) is 17.4. The fourth-order valence-electron chi connectivity index (χ4n) is 4.78. The van der Waals surface area contributed by atoms with Crippen molar-refractivity contribution in [2.75, 3.05) is 41.0 Å². The van der Waals surface area contributed by atoms with Crippen molar-refractivity contribution in [2.45, 2.75) is 148 Å². The van der Waals surface area contributed by atoms with E-state index >= 15 is 0 Å². The Hall–Kier alpha value is -2.19. The average molecular weight is 624 g/mol. The van der Waals surface area contributed by atoms with Crippen molar-refractivity contribution < 1.29 is 38.2 Å². The van der Waals surface area contributed by atoms with E-state index in [1.54, 1.807) is 21.1 Å². The van der Waals surface area contributed by atoms with E-state index < -0.39 is 18.1 Å². The highest BCUT2D eigenvalue weighted by Crippen LogP contribution is 2.12. The van der Waals surface area contributed by atoms with Crippen molar-refractivity contribution >= 4 is 17.9 Å².